The van der Waals surface area contributed by atoms with Crippen molar-refractivity contribution in [1.82, 2.24) is 4.98 Å². The summed E-state index contributed by atoms with van der Waals surface area (Å²) in [6.45, 7) is 4.96. The van der Waals surface area contributed by atoms with Crippen molar-refractivity contribution in [2.45, 2.75) is 20.8 Å². The molecule has 0 unspecified atom stereocenters. The van der Waals surface area contributed by atoms with Gasteiger partial charge in [0.1, 0.15) is 0 Å². The first-order chi connectivity index (χ1) is 16.3. The predicted octanol–water partition coefficient (Wildman–Crippen LogP) is 5.52. The highest BCUT2D eigenvalue weighted by Gasteiger charge is 2.18. The number of nitrogens with one attached hydrogen (secondary N) is 1. The molecule has 4 aromatic rings. The minimum atomic E-state index is -0.625. The number of para-hydroxylation sites is 2. The van der Waals surface area contributed by atoms with Gasteiger partial charge in [0.05, 0.1) is 22.5 Å². The summed E-state index contributed by atoms with van der Waals surface area (Å²) in [5.74, 6) is -1.33. The summed E-state index contributed by atoms with van der Waals surface area (Å²) in [5, 5.41) is 3.28. The number of rotatable bonds is 6. The number of carbonyl (C=O) groups excluding carboxylic acids is 3. The second-order valence-electron chi connectivity index (χ2n) is 8.12. The number of hydrogen-bond acceptors (Lipinski definition) is 5. The fourth-order valence-corrected chi connectivity index (χ4v) is 3.88. The smallest absolute Gasteiger partial charge is 0.339 e. The topological polar surface area (TPSA) is 85.4 Å². The third-order valence-electron chi connectivity index (χ3n) is 5.51. The van der Waals surface area contributed by atoms with Gasteiger partial charge in [-0.2, -0.15) is 0 Å². The average Bonchev–Trinajstić information content (AvgIpc) is 2.82. The van der Waals surface area contributed by atoms with Crippen molar-refractivity contribution < 1.29 is 19.1 Å². The number of ether oxygens (including phenoxy) is 1. The summed E-state index contributed by atoms with van der Waals surface area (Å²) in [4.78, 5) is 42.0. The maximum absolute atomic E-state index is 13.0. The van der Waals surface area contributed by atoms with Crippen LogP contribution >= 0.6 is 0 Å². The van der Waals surface area contributed by atoms with Gasteiger partial charge in [0, 0.05) is 16.5 Å². The Hall–Kier alpha value is -4.32. The van der Waals surface area contributed by atoms with Crippen LogP contribution in [-0.4, -0.2) is 29.3 Å². The maximum Gasteiger partial charge on any atom is 0.339 e. The number of anilines is 1. The second kappa shape index (κ2) is 9.67. The highest BCUT2D eigenvalue weighted by Crippen LogP contribution is 2.28. The lowest BCUT2D eigenvalue weighted by Crippen LogP contribution is -2.22. The van der Waals surface area contributed by atoms with Gasteiger partial charge in [0.15, 0.2) is 12.4 Å². The number of fused-ring (bicyclic) bond motifs is 1. The van der Waals surface area contributed by atoms with Crippen LogP contribution in [0.3, 0.4) is 0 Å². The van der Waals surface area contributed by atoms with E-state index in [-0.39, 0.29) is 5.78 Å². The number of esters is 1. The summed E-state index contributed by atoms with van der Waals surface area (Å²) < 4.78 is 5.35. The molecule has 0 aliphatic rings. The number of carbonyl (C=O) groups is 3. The monoisotopic (exact) mass is 452 g/mol. The summed E-state index contributed by atoms with van der Waals surface area (Å²) >= 11 is 0. The molecule has 6 heteroatoms. The number of aromatic nitrogens is 1. The highest BCUT2D eigenvalue weighted by molar-refractivity contribution is 6.07. The molecule has 1 aromatic heterocycles. The van der Waals surface area contributed by atoms with Gasteiger partial charge in [-0.25, -0.2) is 9.78 Å². The molecule has 34 heavy (non-hydrogen) atoms. The Balaban J connectivity index is 1.59. The number of Topliss-reactive ketones (excluding diaryl/α,β-unsaturated/α-hetero) is 1. The minimum Gasteiger partial charge on any atom is -0.452 e. The van der Waals surface area contributed by atoms with Crippen LogP contribution in [0.5, 0.6) is 0 Å². The van der Waals surface area contributed by atoms with Crippen LogP contribution in [0.2, 0.25) is 0 Å². The lowest BCUT2D eigenvalue weighted by atomic mass is 9.99. The number of aryl methyl sites for hydroxylation is 2. The molecule has 6 nitrogen and oxygen atoms in total. The summed E-state index contributed by atoms with van der Waals surface area (Å²) in [7, 11) is 0. The largest absolute Gasteiger partial charge is 0.452 e. The molecule has 0 radical (unpaired) electrons. The van der Waals surface area contributed by atoms with Crippen LogP contribution in [0.4, 0.5) is 5.69 Å². The molecule has 0 bridgehead atoms. The van der Waals surface area contributed by atoms with Crippen LogP contribution < -0.4 is 5.32 Å². The Kier molecular flexibility index (Phi) is 6.50. The molecule has 1 N–H and O–H groups in total. The van der Waals surface area contributed by atoms with Crippen molar-refractivity contribution in [3.05, 3.63) is 95.1 Å². The fraction of sp³-hybridized carbons (Fsp3) is 0.143. The normalized spacial score (nSPS) is 10.7. The molecule has 0 saturated heterocycles. The Morgan fingerprint density at radius 2 is 1.62 bits per heavy atom. The number of benzene rings is 3. The molecular weight excluding hydrogens is 428 g/mol. The molecule has 0 saturated carbocycles. The maximum atomic E-state index is 13.0. The molecule has 0 aliphatic heterocycles. The van der Waals surface area contributed by atoms with E-state index in [9.17, 15) is 14.4 Å². The van der Waals surface area contributed by atoms with Gasteiger partial charge < -0.3 is 10.1 Å². The van der Waals surface area contributed by atoms with E-state index in [0.717, 1.165) is 16.7 Å². The first-order valence-corrected chi connectivity index (χ1v) is 10.9. The van der Waals surface area contributed by atoms with E-state index in [1.54, 1.807) is 36.4 Å². The first kappa shape index (κ1) is 22.9. The number of nitrogens with zero attached hydrogens (tertiary/aromatic N) is 1. The van der Waals surface area contributed by atoms with Crippen LogP contribution in [0.1, 0.15) is 38.8 Å². The predicted molar refractivity (Wildman–Crippen MR) is 132 cm³/mol. The molecule has 0 atom stereocenters. The van der Waals surface area contributed by atoms with Crippen molar-refractivity contribution >= 4 is 34.3 Å². The van der Waals surface area contributed by atoms with Crippen molar-refractivity contribution in [2.24, 2.45) is 0 Å². The molecule has 170 valence electrons. The summed E-state index contributed by atoms with van der Waals surface area (Å²) in [6, 6.07) is 21.7. The van der Waals surface area contributed by atoms with E-state index < -0.39 is 18.5 Å². The second-order valence-corrected chi connectivity index (χ2v) is 8.12. The van der Waals surface area contributed by atoms with Crippen molar-refractivity contribution in [3.8, 4) is 11.3 Å². The van der Waals surface area contributed by atoms with Gasteiger partial charge >= 0.3 is 5.97 Å². The Labute approximate surface area is 197 Å². The van der Waals surface area contributed by atoms with Crippen LogP contribution in [0.15, 0.2) is 72.8 Å². The Bertz CT molecular complexity index is 1430. The Morgan fingerprint density at radius 1 is 0.882 bits per heavy atom. The molecule has 0 spiro atoms. The van der Waals surface area contributed by atoms with Gasteiger partial charge in [-0.1, -0.05) is 54.1 Å². The average molecular weight is 453 g/mol. The SMILES string of the molecule is CC(=O)c1ccccc1NC(=O)COC(=O)c1cc(-c2ccc(C)cc2C)nc2ccccc12. The van der Waals surface area contributed by atoms with Gasteiger partial charge in [-0.15, -0.1) is 0 Å². The van der Waals surface area contributed by atoms with Gasteiger partial charge in [-0.3, -0.25) is 9.59 Å². The molecule has 4 rings (SSSR count). The number of amides is 1. The van der Waals surface area contributed by atoms with E-state index in [1.807, 2.05) is 44.2 Å². The lowest BCUT2D eigenvalue weighted by Gasteiger charge is -2.12. The standard InChI is InChI=1S/C28H24N2O4/c1-17-12-13-20(18(2)14-17)26-15-23(22-9-5-7-11-25(22)29-26)28(33)34-16-27(32)30-24-10-6-4-8-21(24)19(3)31/h4-15H,16H2,1-3H3,(H,30,32). The van der Waals surface area contributed by atoms with Crippen molar-refractivity contribution in [3.63, 3.8) is 0 Å². The van der Waals surface area contributed by atoms with Crippen LogP contribution in [0, 0.1) is 13.8 Å². The van der Waals surface area contributed by atoms with Gasteiger partial charge in [0.2, 0.25) is 0 Å². The highest BCUT2D eigenvalue weighted by atomic mass is 16.5. The summed E-state index contributed by atoms with van der Waals surface area (Å²) in [5.41, 5.74) is 5.52. The molecular formula is C28H24N2O4. The van der Waals surface area contributed by atoms with E-state index in [0.29, 0.717) is 33.4 Å². The molecule has 3 aromatic carbocycles. The first-order valence-electron chi connectivity index (χ1n) is 10.9. The number of pyridine rings is 1. The van der Waals surface area contributed by atoms with Crippen LogP contribution in [-0.2, 0) is 9.53 Å². The van der Waals surface area contributed by atoms with E-state index >= 15 is 0 Å². The summed E-state index contributed by atoms with van der Waals surface area (Å²) in [6.07, 6.45) is 0. The third-order valence-corrected chi connectivity index (χ3v) is 5.51. The minimum absolute atomic E-state index is 0.171. The fourth-order valence-electron chi connectivity index (χ4n) is 3.88. The van der Waals surface area contributed by atoms with Crippen molar-refractivity contribution in [1.29, 1.82) is 0 Å². The zero-order valence-electron chi connectivity index (χ0n) is 19.2. The van der Waals surface area contributed by atoms with Crippen LogP contribution in [0.25, 0.3) is 22.2 Å². The molecule has 0 fully saturated rings. The lowest BCUT2D eigenvalue weighted by molar-refractivity contribution is -0.119. The Morgan fingerprint density at radius 3 is 2.38 bits per heavy atom. The quantitative estimate of drug-likeness (QED) is 0.308. The van der Waals surface area contributed by atoms with Gasteiger partial charge in [0.25, 0.3) is 5.91 Å². The van der Waals surface area contributed by atoms with E-state index in [1.165, 1.54) is 6.92 Å². The molecule has 1 heterocycles. The number of hydrogen-bond donors (Lipinski definition) is 1. The third kappa shape index (κ3) is 4.86. The zero-order valence-corrected chi connectivity index (χ0v) is 19.2. The van der Waals surface area contributed by atoms with E-state index in [2.05, 4.69) is 11.4 Å². The zero-order chi connectivity index (χ0) is 24.2. The van der Waals surface area contributed by atoms with Gasteiger partial charge in [-0.05, 0) is 50.6 Å². The molecule has 0 aliphatic carbocycles. The molecule has 1 amide bonds. The number of ketones is 1. The van der Waals surface area contributed by atoms with Crippen molar-refractivity contribution in [2.75, 3.05) is 11.9 Å². The van der Waals surface area contributed by atoms with E-state index in [4.69, 9.17) is 9.72 Å².